The van der Waals surface area contributed by atoms with Crippen LogP contribution in [-0.2, 0) is 11.3 Å². The fourth-order valence-electron chi connectivity index (χ4n) is 1.68. The van der Waals surface area contributed by atoms with Crippen LogP contribution in [0.3, 0.4) is 0 Å². The topological polar surface area (TPSA) is 92.2 Å². The van der Waals surface area contributed by atoms with Gasteiger partial charge in [0.15, 0.2) is 0 Å². The Balaban J connectivity index is 2.34. The van der Waals surface area contributed by atoms with E-state index >= 15 is 0 Å². The number of aromatic nitrogens is 2. The minimum absolute atomic E-state index is 0.285. The number of aryl methyl sites for hydroxylation is 1. The molecule has 20 heavy (non-hydrogen) atoms. The van der Waals surface area contributed by atoms with E-state index in [2.05, 4.69) is 4.98 Å². The molecule has 0 aliphatic carbocycles. The first kappa shape index (κ1) is 14.0. The average molecular weight is 292 g/mol. The molecule has 2 N–H and O–H groups in total. The normalized spacial score (nSPS) is 11.1. The summed E-state index contributed by atoms with van der Waals surface area (Å²) in [7, 11) is 0. The molecule has 0 radical (unpaired) electrons. The smallest absolute Gasteiger partial charge is 0.328 e. The number of aromatic amines is 1. The van der Waals surface area contributed by atoms with Gasteiger partial charge in [-0.3, -0.25) is 14.3 Å². The van der Waals surface area contributed by atoms with Crippen molar-refractivity contribution in [1.82, 2.24) is 9.55 Å². The molecular formula is C13H12N2O4S. The van der Waals surface area contributed by atoms with E-state index in [4.69, 9.17) is 5.11 Å². The van der Waals surface area contributed by atoms with E-state index in [1.807, 2.05) is 5.38 Å². The van der Waals surface area contributed by atoms with Crippen LogP contribution < -0.4 is 11.2 Å². The first-order valence-corrected chi connectivity index (χ1v) is 6.63. The number of H-pyrrole nitrogens is 1. The number of carbonyl (C=O) groups is 1. The average Bonchev–Trinajstić information content (AvgIpc) is 2.81. The van der Waals surface area contributed by atoms with E-state index < -0.39 is 17.2 Å². The van der Waals surface area contributed by atoms with Gasteiger partial charge in [0.2, 0.25) is 0 Å². The molecule has 0 aliphatic rings. The van der Waals surface area contributed by atoms with Crippen LogP contribution >= 0.6 is 11.3 Å². The molecule has 104 valence electrons. The molecule has 0 saturated heterocycles. The van der Waals surface area contributed by atoms with Crippen molar-refractivity contribution in [2.24, 2.45) is 0 Å². The second kappa shape index (κ2) is 5.70. The van der Waals surface area contributed by atoms with Crippen LogP contribution in [0.2, 0.25) is 0 Å². The van der Waals surface area contributed by atoms with Crippen LogP contribution in [0, 0.1) is 6.92 Å². The summed E-state index contributed by atoms with van der Waals surface area (Å²) in [5.74, 6) is -1.03. The number of nitrogens with one attached hydrogen (secondary N) is 1. The molecule has 0 fully saturated rings. The summed E-state index contributed by atoms with van der Waals surface area (Å²) in [4.78, 5) is 36.6. The number of hydrogen-bond donors (Lipinski definition) is 2. The molecule has 0 amide bonds. The maximum Gasteiger partial charge on any atom is 0.328 e. The lowest BCUT2D eigenvalue weighted by Gasteiger charge is -2.05. The van der Waals surface area contributed by atoms with E-state index in [0.29, 0.717) is 5.56 Å². The van der Waals surface area contributed by atoms with Crippen LogP contribution in [0.5, 0.6) is 0 Å². The Bertz CT molecular complexity index is 782. The molecule has 6 nitrogen and oxygen atoms in total. The SMILES string of the molecule is Cc1cn(Cc2sccc2C=CC(=O)O)c(=O)[nH]c1=O. The zero-order chi connectivity index (χ0) is 14.7. The molecule has 0 saturated carbocycles. The lowest BCUT2D eigenvalue weighted by atomic mass is 10.2. The highest BCUT2D eigenvalue weighted by Crippen LogP contribution is 2.19. The molecule has 0 aromatic carbocycles. The molecule has 0 atom stereocenters. The van der Waals surface area contributed by atoms with E-state index in [1.54, 1.807) is 13.0 Å². The van der Waals surface area contributed by atoms with Gasteiger partial charge in [-0.2, -0.15) is 0 Å². The van der Waals surface area contributed by atoms with Gasteiger partial charge in [0.05, 0.1) is 6.54 Å². The summed E-state index contributed by atoms with van der Waals surface area (Å²) in [6.45, 7) is 1.90. The number of aliphatic carboxylic acids is 1. The van der Waals surface area contributed by atoms with Gasteiger partial charge in [-0.15, -0.1) is 11.3 Å². The van der Waals surface area contributed by atoms with Crippen molar-refractivity contribution >= 4 is 23.4 Å². The maximum absolute atomic E-state index is 11.7. The Hall–Kier alpha value is -2.41. The highest BCUT2D eigenvalue weighted by molar-refractivity contribution is 7.10. The van der Waals surface area contributed by atoms with Crippen molar-refractivity contribution in [3.05, 3.63) is 60.6 Å². The molecule has 0 bridgehead atoms. The maximum atomic E-state index is 11.7. The summed E-state index contributed by atoms with van der Waals surface area (Å²) >= 11 is 1.42. The van der Waals surface area contributed by atoms with Gasteiger partial charge >= 0.3 is 11.7 Å². The molecular weight excluding hydrogens is 280 g/mol. The van der Waals surface area contributed by atoms with E-state index in [1.165, 1.54) is 28.2 Å². The third-order valence-corrected chi connectivity index (χ3v) is 3.61. The summed E-state index contributed by atoms with van der Waals surface area (Å²) in [5.41, 5.74) is 0.308. The Labute approximate surface area is 117 Å². The van der Waals surface area contributed by atoms with Crippen LogP contribution in [-0.4, -0.2) is 20.6 Å². The number of nitrogens with zero attached hydrogens (tertiary/aromatic N) is 1. The van der Waals surface area contributed by atoms with Crippen molar-refractivity contribution < 1.29 is 9.90 Å². The van der Waals surface area contributed by atoms with Gasteiger partial charge in [0, 0.05) is 22.7 Å². The number of rotatable bonds is 4. The first-order valence-electron chi connectivity index (χ1n) is 5.75. The summed E-state index contributed by atoms with van der Waals surface area (Å²) in [6.07, 6.45) is 4.02. The predicted molar refractivity (Wildman–Crippen MR) is 76.2 cm³/mol. The lowest BCUT2D eigenvalue weighted by Crippen LogP contribution is -2.30. The molecule has 0 spiro atoms. The molecule has 2 rings (SSSR count). The fourth-order valence-corrected chi connectivity index (χ4v) is 2.54. The van der Waals surface area contributed by atoms with E-state index in [9.17, 15) is 14.4 Å². The van der Waals surface area contributed by atoms with Gasteiger partial charge in [0.1, 0.15) is 0 Å². The van der Waals surface area contributed by atoms with Gasteiger partial charge in [-0.25, -0.2) is 9.59 Å². The minimum atomic E-state index is -1.03. The second-order valence-corrected chi connectivity index (χ2v) is 5.17. The fraction of sp³-hybridized carbons (Fsp3) is 0.154. The molecule has 2 aromatic rings. The monoisotopic (exact) mass is 292 g/mol. The van der Waals surface area contributed by atoms with Gasteiger partial charge < -0.3 is 5.11 Å². The molecule has 7 heteroatoms. The van der Waals surface area contributed by atoms with Crippen molar-refractivity contribution in [1.29, 1.82) is 0 Å². The molecule has 2 aromatic heterocycles. The number of carboxylic acids is 1. The van der Waals surface area contributed by atoms with E-state index in [0.717, 1.165) is 16.5 Å². The van der Waals surface area contributed by atoms with Crippen LogP contribution in [0.1, 0.15) is 16.0 Å². The number of hydrogen-bond acceptors (Lipinski definition) is 4. The summed E-state index contributed by atoms with van der Waals surface area (Å²) in [6, 6.07) is 1.78. The Morgan fingerprint density at radius 2 is 2.25 bits per heavy atom. The molecule has 0 aliphatic heterocycles. The van der Waals surface area contributed by atoms with Crippen LogP contribution in [0.25, 0.3) is 6.08 Å². The zero-order valence-corrected chi connectivity index (χ0v) is 11.4. The van der Waals surface area contributed by atoms with Crippen molar-refractivity contribution in [2.75, 3.05) is 0 Å². The Morgan fingerprint density at radius 1 is 1.50 bits per heavy atom. The number of thiophene rings is 1. The third-order valence-electron chi connectivity index (χ3n) is 2.69. The van der Waals surface area contributed by atoms with Crippen LogP contribution in [0.4, 0.5) is 0 Å². The van der Waals surface area contributed by atoms with E-state index in [-0.39, 0.29) is 6.54 Å². The lowest BCUT2D eigenvalue weighted by molar-refractivity contribution is -0.131. The van der Waals surface area contributed by atoms with Crippen molar-refractivity contribution in [3.63, 3.8) is 0 Å². The second-order valence-electron chi connectivity index (χ2n) is 4.17. The Kier molecular flexibility index (Phi) is 3.99. The van der Waals surface area contributed by atoms with Crippen molar-refractivity contribution in [3.8, 4) is 0 Å². The minimum Gasteiger partial charge on any atom is -0.478 e. The standard InChI is InChI=1S/C13H12N2O4S/c1-8-6-15(13(19)14-12(8)18)7-10-9(4-5-20-10)2-3-11(16)17/h2-6H,7H2,1H3,(H,16,17)(H,14,18,19). The Morgan fingerprint density at radius 3 is 2.95 bits per heavy atom. The highest BCUT2D eigenvalue weighted by Gasteiger charge is 2.06. The number of carboxylic acid groups (broad SMARTS) is 1. The quantitative estimate of drug-likeness (QED) is 0.824. The first-order chi connectivity index (χ1) is 9.47. The summed E-state index contributed by atoms with van der Waals surface area (Å²) < 4.78 is 1.39. The largest absolute Gasteiger partial charge is 0.478 e. The van der Waals surface area contributed by atoms with Gasteiger partial charge in [-0.05, 0) is 30.0 Å². The molecule has 2 heterocycles. The van der Waals surface area contributed by atoms with Gasteiger partial charge in [-0.1, -0.05) is 0 Å². The third kappa shape index (κ3) is 3.12. The highest BCUT2D eigenvalue weighted by atomic mass is 32.1. The van der Waals surface area contributed by atoms with Crippen LogP contribution in [0.15, 0.2) is 33.3 Å². The molecule has 0 unspecified atom stereocenters. The van der Waals surface area contributed by atoms with Crippen molar-refractivity contribution in [2.45, 2.75) is 13.5 Å². The predicted octanol–water partition coefficient (Wildman–Crippen LogP) is 1.05. The summed E-state index contributed by atoms with van der Waals surface area (Å²) in [5, 5.41) is 10.4. The zero-order valence-electron chi connectivity index (χ0n) is 10.6. The van der Waals surface area contributed by atoms with Gasteiger partial charge in [0.25, 0.3) is 5.56 Å².